The van der Waals surface area contributed by atoms with Gasteiger partial charge in [0.2, 0.25) is 5.91 Å². The van der Waals surface area contributed by atoms with Gasteiger partial charge in [-0.3, -0.25) is 4.79 Å². The molecule has 0 bridgehead atoms. The van der Waals surface area contributed by atoms with Crippen LogP contribution in [0.15, 0.2) is 24.3 Å². The lowest BCUT2D eigenvalue weighted by molar-refractivity contribution is -0.123. The zero-order valence-electron chi connectivity index (χ0n) is 9.79. The number of carbonyl (C=O) groups is 1. The first kappa shape index (κ1) is 11.1. The Balaban J connectivity index is 2.03. The normalized spacial score (nSPS) is 18.9. The Hall–Kier alpha value is -1.35. The number of nitrogens with two attached hydrogens (primary N) is 1. The van der Waals surface area contributed by atoms with Gasteiger partial charge in [-0.25, -0.2) is 0 Å². The minimum absolute atomic E-state index is 0.000595. The van der Waals surface area contributed by atoms with Crippen LogP contribution in [0.5, 0.6) is 0 Å². The van der Waals surface area contributed by atoms with Crippen molar-refractivity contribution in [3.05, 3.63) is 35.4 Å². The zero-order valence-corrected chi connectivity index (χ0v) is 9.79. The van der Waals surface area contributed by atoms with Gasteiger partial charge in [0.25, 0.3) is 0 Å². The van der Waals surface area contributed by atoms with Crippen molar-refractivity contribution in [1.29, 1.82) is 0 Å². The maximum atomic E-state index is 11.8. The monoisotopic (exact) mass is 218 g/mol. The largest absolute Gasteiger partial charge is 0.349 e. The Morgan fingerprint density at radius 3 is 2.44 bits per heavy atom. The average molecular weight is 218 g/mol. The van der Waals surface area contributed by atoms with Crippen molar-refractivity contribution < 1.29 is 4.79 Å². The van der Waals surface area contributed by atoms with E-state index in [1.165, 1.54) is 5.56 Å². The van der Waals surface area contributed by atoms with E-state index in [9.17, 15) is 4.79 Å². The Kier molecular flexibility index (Phi) is 2.72. The molecular formula is C13H18N2O. The van der Waals surface area contributed by atoms with E-state index in [-0.39, 0.29) is 11.4 Å². The lowest BCUT2D eigenvalue weighted by Crippen LogP contribution is -2.40. The average Bonchev–Trinajstić information content (AvgIpc) is 2.96. The molecule has 1 fully saturated rings. The van der Waals surface area contributed by atoms with E-state index in [0.29, 0.717) is 0 Å². The second kappa shape index (κ2) is 3.91. The van der Waals surface area contributed by atoms with Gasteiger partial charge in [-0.05, 0) is 32.3 Å². The van der Waals surface area contributed by atoms with E-state index in [4.69, 9.17) is 5.73 Å². The molecule has 0 spiro atoms. The first-order valence-corrected chi connectivity index (χ1v) is 5.64. The van der Waals surface area contributed by atoms with Gasteiger partial charge in [-0.1, -0.05) is 29.8 Å². The maximum absolute atomic E-state index is 11.8. The molecule has 1 aromatic rings. The number of hydrogen-bond donors (Lipinski definition) is 2. The highest BCUT2D eigenvalue weighted by atomic mass is 16.2. The molecule has 1 atom stereocenters. The van der Waals surface area contributed by atoms with E-state index in [2.05, 4.69) is 5.32 Å². The number of carbonyl (C=O) groups excluding carboxylic acids is 1. The van der Waals surface area contributed by atoms with Crippen LogP contribution < -0.4 is 11.1 Å². The van der Waals surface area contributed by atoms with Crippen molar-refractivity contribution >= 4 is 5.91 Å². The van der Waals surface area contributed by atoms with Crippen LogP contribution in [0.1, 0.15) is 36.9 Å². The third kappa shape index (κ3) is 2.42. The maximum Gasteiger partial charge on any atom is 0.241 e. The predicted octanol–water partition coefficient (Wildman–Crippen LogP) is 1.66. The number of aryl methyl sites for hydroxylation is 1. The molecule has 1 saturated carbocycles. The molecule has 16 heavy (non-hydrogen) atoms. The third-order valence-electron chi connectivity index (χ3n) is 3.14. The smallest absolute Gasteiger partial charge is 0.241 e. The fourth-order valence-corrected chi connectivity index (χ4v) is 1.61. The molecule has 86 valence electrons. The van der Waals surface area contributed by atoms with Gasteiger partial charge in [-0.2, -0.15) is 0 Å². The molecule has 0 aromatic heterocycles. The Bertz CT molecular complexity index is 393. The summed E-state index contributed by atoms with van der Waals surface area (Å²) in [7, 11) is 0. The molecule has 3 nitrogen and oxygen atoms in total. The standard InChI is InChI=1S/C13H18N2O/c1-9-3-5-10(6-4-9)11(14)12(16)15-13(2)7-8-13/h3-6,11H,7-8,14H2,1-2H3,(H,15,16). The fraction of sp³-hybridized carbons (Fsp3) is 0.462. The molecule has 1 aromatic carbocycles. The summed E-state index contributed by atoms with van der Waals surface area (Å²) < 4.78 is 0. The van der Waals surface area contributed by atoms with Crippen LogP contribution in [-0.2, 0) is 4.79 Å². The first-order valence-electron chi connectivity index (χ1n) is 5.64. The second-order valence-corrected chi connectivity index (χ2v) is 4.94. The molecule has 1 aliphatic rings. The summed E-state index contributed by atoms with van der Waals surface area (Å²) in [6.45, 7) is 4.06. The van der Waals surface area contributed by atoms with Crippen LogP contribution in [-0.4, -0.2) is 11.4 Å². The van der Waals surface area contributed by atoms with E-state index in [0.717, 1.165) is 18.4 Å². The number of benzene rings is 1. The molecule has 3 heteroatoms. The lowest BCUT2D eigenvalue weighted by Gasteiger charge is -2.16. The number of amides is 1. The molecule has 0 saturated heterocycles. The van der Waals surface area contributed by atoms with Gasteiger partial charge < -0.3 is 11.1 Å². The highest BCUT2D eigenvalue weighted by Gasteiger charge is 2.39. The minimum atomic E-state index is -0.557. The summed E-state index contributed by atoms with van der Waals surface area (Å²) in [4.78, 5) is 11.8. The van der Waals surface area contributed by atoms with Crippen LogP contribution in [0.2, 0.25) is 0 Å². The van der Waals surface area contributed by atoms with Crippen molar-refractivity contribution in [2.75, 3.05) is 0 Å². The number of nitrogens with one attached hydrogen (secondary N) is 1. The molecule has 0 heterocycles. The van der Waals surface area contributed by atoms with Gasteiger partial charge >= 0.3 is 0 Å². The van der Waals surface area contributed by atoms with E-state index in [1.807, 2.05) is 38.1 Å². The van der Waals surface area contributed by atoms with E-state index >= 15 is 0 Å². The van der Waals surface area contributed by atoms with Crippen molar-refractivity contribution in [2.45, 2.75) is 38.3 Å². The molecular weight excluding hydrogens is 200 g/mol. The molecule has 1 aliphatic carbocycles. The fourth-order valence-electron chi connectivity index (χ4n) is 1.61. The predicted molar refractivity (Wildman–Crippen MR) is 63.9 cm³/mol. The first-order chi connectivity index (χ1) is 7.50. The van der Waals surface area contributed by atoms with Crippen molar-refractivity contribution in [3.8, 4) is 0 Å². The molecule has 1 amide bonds. The summed E-state index contributed by atoms with van der Waals surface area (Å²) in [5, 5.41) is 2.98. The Morgan fingerprint density at radius 1 is 1.38 bits per heavy atom. The Labute approximate surface area is 96.0 Å². The van der Waals surface area contributed by atoms with Gasteiger partial charge in [0.1, 0.15) is 6.04 Å². The Morgan fingerprint density at radius 2 is 1.94 bits per heavy atom. The van der Waals surface area contributed by atoms with Crippen LogP contribution >= 0.6 is 0 Å². The quantitative estimate of drug-likeness (QED) is 0.810. The summed E-state index contributed by atoms with van der Waals surface area (Å²) in [5.41, 5.74) is 7.95. The van der Waals surface area contributed by atoms with Gasteiger partial charge in [0, 0.05) is 5.54 Å². The molecule has 0 aliphatic heterocycles. The van der Waals surface area contributed by atoms with Gasteiger partial charge in [-0.15, -0.1) is 0 Å². The minimum Gasteiger partial charge on any atom is -0.349 e. The number of rotatable bonds is 3. The summed E-state index contributed by atoms with van der Waals surface area (Å²) >= 11 is 0. The third-order valence-corrected chi connectivity index (χ3v) is 3.14. The SMILES string of the molecule is Cc1ccc(C(N)C(=O)NC2(C)CC2)cc1. The van der Waals surface area contributed by atoms with Crippen molar-refractivity contribution in [1.82, 2.24) is 5.32 Å². The van der Waals surface area contributed by atoms with Crippen LogP contribution in [0, 0.1) is 6.92 Å². The van der Waals surface area contributed by atoms with Crippen LogP contribution in [0.3, 0.4) is 0 Å². The zero-order chi connectivity index (χ0) is 11.8. The van der Waals surface area contributed by atoms with Crippen molar-refractivity contribution in [2.24, 2.45) is 5.73 Å². The molecule has 2 rings (SSSR count). The highest BCUT2D eigenvalue weighted by molar-refractivity contribution is 5.83. The van der Waals surface area contributed by atoms with E-state index in [1.54, 1.807) is 0 Å². The molecule has 0 radical (unpaired) electrons. The molecule has 1 unspecified atom stereocenters. The molecule has 3 N–H and O–H groups in total. The van der Waals surface area contributed by atoms with Gasteiger partial charge in [0.05, 0.1) is 0 Å². The van der Waals surface area contributed by atoms with Crippen LogP contribution in [0.25, 0.3) is 0 Å². The summed E-state index contributed by atoms with van der Waals surface area (Å²) in [6.07, 6.45) is 2.11. The topological polar surface area (TPSA) is 55.1 Å². The summed E-state index contributed by atoms with van der Waals surface area (Å²) in [5.74, 6) is -0.0798. The van der Waals surface area contributed by atoms with Crippen LogP contribution in [0.4, 0.5) is 0 Å². The van der Waals surface area contributed by atoms with Crippen molar-refractivity contribution in [3.63, 3.8) is 0 Å². The van der Waals surface area contributed by atoms with E-state index < -0.39 is 6.04 Å². The van der Waals surface area contributed by atoms with Gasteiger partial charge in [0.15, 0.2) is 0 Å². The summed E-state index contributed by atoms with van der Waals surface area (Å²) in [6, 6.07) is 7.21. The number of hydrogen-bond acceptors (Lipinski definition) is 2. The lowest BCUT2D eigenvalue weighted by atomic mass is 10.0. The second-order valence-electron chi connectivity index (χ2n) is 4.94. The highest BCUT2D eigenvalue weighted by Crippen LogP contribution is 2.34.